The SMILES string of the molecule is COc1ccc(Nc2[nH][nH]c3c4cccc(OC)c4cc2-3)cc1. The van der Waals surface area contributed by atoms with Crippen molar-refractivity contribution in [2.75, 3.05) is 19.5 Å². The van der Waals surface area contributed by atoms with E-state index in [9.17, 15) is 0 Å². The van der Waals surface area contributed by atoms with Crippen molar-refractivity contribution >= 4 is 22.3 Å². The Kier molecular flexibility index (Phi) is 3.12. The third kappa shape index (κ3) is 2.17. The monoisotopic (exact) mass is 307 g/mol. The molecule has 0 radical (unpaired) electrons. The van der Waals surface area contributed by atoms with Gasteiger partial charge in [-0.25, -0.2) is 0 Å². The zero-order valence-corrected chi connectivity index (χ0v) is 12.9. The molecule has 0 spiro atoms. The van der Waals surface area contributed by atoms with E-state index in [-0.39, 0.29) is 0 Å². The molecular formula is C18H17N3O2. The van der Waals surface area contributed by atoms with Crippen LogP contribution in [-0.2, 0) is 0 Å². The zero-order valence-electron chi connectivity index (χ0n) is 12.9. The van der Waals surface area contributed by atoms with E-state index in [2.05, 4.69) is 27.6 Å². The first kappa shape index (κ1) is 13.6. The van der Waals surface area contributed by atoms with Gasteiger partial charge in [0, 0.05) is 22.0 Å². The van der Waals surface area contributed by atoms with Crippen molar-refractivity contribution in [1.29, 1.82) is 0 Å². The topological polar surface area (TPSA) is 62.1 Å². The number of rotatable bonds is 4. The highest BCUT2D eigenvalue weighted by Crippen LogP contribution is 2.41. The summed E-state index contributed by atoms with van der Waals surface area (Å²) in [7, 11) is 3.35. The van der Waals surface area contributed by atoms with Gasteiger partial charge in [0.15, 0.2) is 0 Å². The molecule has 1 aliphatic heterocycles. The highest BCUT2D eigenvalue weighted by molar-refractivity contribution is 6.06. The lowest BCUT2D eigenvalue weighted by molar-refractivity contribution is 0.415. The minimum absolute atomic E-state index is 0.836. The Hall–Kier alpha value is -3.08. The van der Waals surface area contributed by atoms with E-state index in [1.165, 1.54) is 0 Å². The molecule has 2 aromatic carbocycles. The Bertz CT molecular complexity index is 921. The Labute approximate surface area is 133 Å². The third-order valence-electron chi connectivity index (χ3n) is 4.05. The van der Waals surface area contributed by atoms with Crippen molar-refractivity contribution in [3.63, 3.8) is 0 Å². The van der Waals surface area contributed by atoms with Crippen molar-refractivity contribution in [2.24, 2.45) is 0 Å². The predicted octanol–water partition coefficient (Wildman–Crippen LogP) is 4.36. The van der Waals surface area contributed by atoms with Gasteiger partial charge in [-0.05, 0) is 36.4 Å². The number of aromatic nitrogens is 2. The van der Waals surface area contributed by atoms with Crippen LogP contribution >= 0.6 is 0 Å². The number of fused-ring (bicyclic) bond motifs is 3. The number of aromatic amines is 2. The molecule has 0 bridgehead atoms. The summed E-state index contributed by atoms with van der Waals surface area (Å²) in [6.07, 6.45) is 0. The van der Waals surface area contributed by atoms with E-state index in [0.29, 0.717) is 0 Å². The second kappa shape index (κ2) is 5.28. The maximum Gasteiger partial charge on any atom is 0.132 e. The van der Waals surface area contributed by atoms with Gasteiger partial charge in [0.25, 0.3) is 0 Å². The molecule has 0 amide bonds. The Morgan fingerprint density at radius 2 is 1.70 bits per heavy atom. The smallest absolute Gasteiger partial charge is 0.132 e. The predicted molar refractivity (Wildman–Crippen MR) is 92.1 cm³/mol. The number of anilines is 2. The first-order valence-corrected chi connectivity index (χ1v) is 7.37. The van der Waals surface area contributed by atoms with Crippen molar-refractivity contribution in [3.05, 3.63) is 48.5 Å². The van der Waals surface area contributed by atoms with Gasteiger partial charge in [0.05, 0.1) is 19.9 Å². The molecule has 5 heteroatoms. The van der Waals surface area contributed by atoms with Gasteiger partial charge in [-0.2, -0.15) is 0 Å². The van der Waals surface area contributed by atoms with Crippen LogP contribution in [0, 0.1) is 0 Å². The molecule has 1 heterocycles. The minimum Gasteiger partial charge on any atom is -0.497 e. The van der Waals surface area contributed by atoms with Crippen molar-refractivity contribution in [1.82, 2.24) is 10.2 Å². The Morgan fingerprint density at radius 1 is 0.870 bits per heavy atom. The molecule has 23 heavy (non-hydrogen) atoms. The van der Waals surface area contributed by atoms with Crippen LogP contribution in [0.25, 0.3) is 22.0 Å². The summed E-state index contributed by atoms with van der Waals surface area (Å²) in [6, 6.07) is 16.0. The number of nitrogens with one attached hydrogen (secondary N) is 3. The van der Waals surface area contributed by atoms with Crippen LogP contribution in [0.4, 0.5) is 11.5 Å². The summed E-state index contributed by atoms with van der Waals surface area (Å²) in [4.78, 5) is 0. The molecule has 2 aromatic rings. The molecule has 5 nitrogen and oxygen atoms in total. The Balaban J connectivity index is 1.74. The first-order chi connectivity index (χ1) is 11.3. The van der Waals surface area contributed by atoms with E-state index in [4.69, 9.17) is 9.47 Å². The van der Waals surface area contributed by atoms with Gasteiger partial charge in [0.2, 0.25) is 0 Å². The molecule has 0 saturated heterocycles. The van der Waals surface area contributed by atoms with Crippen LogP contribution in [0.1, 0.15) is 0 Å². The van der Waals surface area contributed by atoms with Crippen molar-refractivity contribution in [3.8, 4) is 22.8 Å². The highest BCUT2D eigenvalue weighted by atomic mass is 16.5. The molecule has 2 aliphatic rings. The maximum absolute atomic E-state index is 5.45. The van der Waals surface area contributed by atoms with Gasteiger partial charge in [-0.3, -0.25) is 10.2 Å². The summed E-state index contributed by atoms with van der Waals surface area (Å²) in [5.74, 6) is 2.63. The third-order valence-corrected chi connectivity index (χ3v) is 4.05. The number of hydrogen-bond donors (Lipinski definition) is 3. The average molecular weight is 307 g/mol. The summed E-state index contributed by atoms with van der Waals surface area (Å²) >= 11 is 0. The molecule has 0 saturated carbocycles. The normalized spacial score (nSPS) is 11.0. The lowest BCUT2D eigenvalue weighted by Crippen LogP contribution is -1.91. The van der Waals surface area contributed by atoms with Gasteiger partial charge >= 0.3 is 0 Å². The fourth-order valence-electron chi connectivity index (χ4n) is 2.89. The van der Waals surface area contributed by atoms with Gasteiger partial charge in [-0.1, -0.05) is 12.1 Å². The molecule has 0 aromatic heterocycles. The van der Waals surface area contributed by atoms with Gasteiger partial charge in [0.1, 0.15) is 17.3 Å². The molecule has 4 rings (SSSR count). The summed E-state index contributed by atoms with van der Waals surface area (Å²) in [6.45, 7) is 0. The van der Waals surface area contributed by atoms with E-state index in [1.54, 1.807) is 14.2 Å². The van der Waals surface area contributed by atoms with Crippen LogP contribution < -0.4 is 14.8 Å². The second-order valence-electron chi connectivity index (χ2n) is 5.33. The summed E-state index contributed by atoms with van der Waals surface area (Å²) in [5, 5.41) is 12.1. The lowest BCUT2D eigenvalue weighted by Gasteiger charge is -2.06. The number of hydrogen-bond acceptors (Lipinski definition) is 3. The van der Waals surface area contributed by atoms with E-state index in [1.807, 2.05) is 36.4 Å². The highest BCUT2D eigenvalue weighted by Gasteiger charge is 2.18. The van der Waals surface area contributed by atoms with Crippen LogP contribution in [-0.4, -0.2) is 24.4 Å². The standard InChI is InChI=1S/C18H17N3O2/c1-22-12-8-6-11(7-9-12)19-18-15-10-14-13(17(15)20-21-18)4-3-5-16(14)23-2/h3-10,19-21H,1-2H3. The van der Waals surface area contributed by atoms with Crippen LogP contribution in [0.2, 0.25) is 0 Å². The number of H-pyrrole nitrogens is 2. The largest absolute Gasteiger partial charge is 0.497 e. The molecular weight excluding hydrogens is 290 g/mol. The van der Waals surface area contributed by atoms with Crippen LogP contribution in [0.3, 0.4) is 0 Å². The number of benzene rings is 2. The quantitative estimate of drug-likeness (QED) is 0.525. The van der Waals surface area contributed by atoms with Gasteiger partial charge in [-0.15, -0.1) is 0 Å². The van der Waals surface area contributed by atoms with Crippen LogP contribution in [0.5, 0.6) is 11.5 Å². The fraction of sp³-hybridized carbons (Fsp3) is 0.111. The van der Waals surface area contributed by atoms with E-state index < -0.39 is 0 Å². The average Bonchev–Trinajstić information content (AvgIpc) is 3.15. The van der Waals surface area contributed by atoms with Crippen molar-refractivity contribution in [2.45, 2.75) is 0 Å². The van der Waals surface area contributed by atoms with Crippen LogP contribution in [0.15, 0.2) is 48.5 Å². The van der Waals surface area contributed by atoms with Gasteiger partial charge < -0.3 is 14.8 Å². The van der Waals surface area contributed by atoms with Crippen molar-refractivity contribution < 1.29 is 9.47 Å². The van der Waals surface area contributed by atoms with E-state index >= 15 is 0 Å². The summed E-state index contributed by atoms with van der Waals surface area (Å²) in [5.41, 5.74) is 3.15. The first-order valence-electron chi connectivity index (χ1n) is 7.37. The molecule has 0 unspecified atom stereocenters. The summed E-state index contributed by atoms with van der Waals surface area (Å²) < 4.78 is 10.6. The molecule has 116 valence electrons. The molecule has 1 aliphatic carbocycles. The van der Waals surface area contributed by atoms with E-state index in [0.717, 1.165) is 45.0 Å². The second-order valence-corrected chi connectivity index (χ2v) is 5.33. The lowest BCUT2D eigenvalue weighted by atomic mass is 10.2. The maximum atomic E-state index is 5.45. The molecule has 0 fully saturated rings. The minimum atomic E-state index is 0.836. The Morgan fingerprint density at radius 3 is 2.43 bits per heavy atom. The number of ether oxygens (including phenoxy) is 2. The molecule has 3 N–H and O–H groups in total. The number of methoxy groups -OCH3 is 2. The molecule has 0 atom stereocenters. The fourth-order valence-corrected chi connectivity index (χ4v) is 2.89. The zero-order chi connectivity index (χ0) is 15.8.